The standard InChI is InChI=1S/C19H21N3O3/c1-19(2,3)13-7-8-15-16(10-13)25-17(12-24-15)18(23)22-21-11-14-6-4-5-9-20-14/h4-11,17H,12H2,1-3H3,(H,22,23)/b21-11-/t17-/m0/s1. The van der Waals surface area contributed by atoms with E-state index in [1.165, 1.54) is 6.21 Å². The monoisotopic (exact) mass is 339 g/mol. The fourth-order valence-electron chi connectivity index (χ4n) is 2.35. The highest BCUT2D eigenvalue weighted by atomic mass is 16.6. The smallest absolute Gasteiger partial charge is 0.284 e. The molecule has 2 aromatic rings. The number of aromatic nitrogens is 1. The van der Waals surface area contributed by atoms with Crippen molar-refractivity contribution < 1.29 is 14.3 Å². The van der Waals surface area contributed by atoms with Gasteiger partial charge in [-0.3, -0.25) is 9.78 Å². The van der Waals surface area contributed by atoms with Gasteiger partial charge < -0.3 is 9.47 Å². The summed E-state index contributed by atoms with van der Waals surface area (Å²) in [6.07, 6.45) is 2.39. The lowest BCUT2D eigenvalue weighted by molar-refractivity contribution is -0.130. The van der Waals surface area contributed by atoms with E-state index in [1.54, 1.807) is 12.3 Å². The molecule has 0 saturated heterocycles. The number of pyridine rings is 1. The number of hydrogen-bond acceptors (Lipinski definition) is 5. The molecule has 1 N–H and O–H groups in total. The predicted molar refractivity (Wildman–Crippen MR) is 95.0 cm³/mol. The minimum Gasteiger partial charge on any atom is -0.485 e. The fraction of sp³-hybridized carbons (Fsp3) is 0.316. The van der Waals surface area contributed by atoms with Crippen molar-refractivity contribution in [3.63, 3.8) is 0 Å². The highest BCUT2D eigenvalue weighted by molar-refractivity contribution is 5.84. The van der Waals surface area contributed by atoms with Crippen LogP contribution in [0.25, 0.3) is 0 Å². The number of carbonyl (C=O) groups is 1. The molecule has 25 heavy (non-hydrogen) atoms. The minimum atomic E-state index is -0.747. The summed E-state index contributed by atoms with van der Waals surface area (Å²) in [7, 11) is 0. The van der Waals surface area contributed by atoms with Crippen molar-refractivity contribution >= 4 is 12.1 Å². The molecule has 1 aliphatic rings. The van der Waals surface area contributed by atoms with Gasteiger partial charge in [-0.1, -0.05) is 32.9 Å². The highest BCUT2D eigenvalue weighted by Gasteiger charge is 2.28. The maximum Gasteiger partial charge on any atom is 0.284 e. The number of ether oxygens (including phenoxy) is 2. The summed E-state index contributed by atoms with van der Waals surface area (Å²) in [6, 6.07) is 11.3. The molecule has 1 amide bonds. The van der Waals surface area contributed by atoms with Crippen LogP contribution in [0.15, 0.2) is 47.7 Å². The third-order valence-electron chi connectivity index (χ3n) is 3.82. The quantitative estimate of drug-likeness (QED) is 0.689. The van der Waals surface area contributed by atoms with E-state index in [2.05, 4.69) is 36.3 Å². The molecular formula is C19H21N3O3. The van der Waals surface area contributed by atoms with Gasteiger partial charge >= 0.3 is 0 Å². The summed E-state index contributed by atoms with van der Waals surface area (Å²) in [5.41, 5.74) is 4.22. The van der Waals surface area contributed by atoms with E-state index >= 15 is 0 Å². The van der Waals surface area contributed by atoms with E-state index in [4.69, 9.17) is 9.47 Å². The number of benzene rings is 1. The van der Waals surface area contributed by atoms with Crippen LogP contribution >= 0.6 is 0 Å². The lowest BCUT2D eigenvalue weighted by Crippen LogP contribution is -2.42. The van der Waals surface area contributed by atoms with Crippen LogP contribution in [-0.2, 0) is 10.2 Å². The third-order valence-corrected chi connectivity index (χ3v) is 3.82. The second-order valence-corrected chi connectivity index (χ2v) is 6.82. The molecule has 130 valence electrons. The first-order valence-corrected chi connectivity index (χ1v) is 8.11. The van der Waals surface area contributed by atoms with Crippen LogP contribution in [0.2, 0.25) is 0 Å². The summed E-state index contributed by atoms with van der Waals surface area (Å²) in [5.74, 6) is 0.862. The predicted octanol–water partition coefficient (Wildman–Crippen LogP) is 2.67. The molecule has 0 saturated carbocycles. The second kappa shape index (κ2) is 6.93. The molecule has 0 radical (unpaired) electrons. The van der Waals surface area contributed by atoms with E-state index in [1.807, 2.05) is 30.3 Å². The van der Waals surface area contributed by atoms with Crippen LogP contribution in [-0.4, -0.2) is 29.8 Å². The van der Waals surface area contributed by atoms with Gasteiger partial charge in [0.2, 0.25) is 6.10 Å². The molecule has 0 aliphatic carbocycles. The molecule has 0 unspecified atom stereocenters. The Morgan fingerprint density at radius 3 is 2.84 bits per heavy atom. The number of nitrogens with zero attached hydrogens (tertiary/aromatic N) is 2. The van der Waals surface area contributed by atoms with Gasteiger partial charge in [-0.15, -0.1) is 0 Å². The molecule has 2 heterocycles. The van der Waals surface area contributed by atoms with E-state index in [0.29, 0.717) is 17.2 Å². The van der Waals surface area contributed by atoms with Gasteiger partial charge in [-0.2, -0.15) is 5.10 Å². The second-order valence-electron chi connectivity index (χ2n) is 6.82. The average molecular weight is 339 g/mol. The summed E-state index contributed by atoms with van der Waals surface area (Å²) < 4.78 is 11.4. The van der Waals surface area contributed by atoms with Gasteiger partial charge in [0, 0.05) is 6.20 Å². The maximum atomic E-state index is 12.2. The normalized spacial score (nSPS) is 16.7. The minimum absolute atomic E-state index is 0.0133. The van der Waals surface area contributed by atoms with Crippen molar-refractivity contribution in [3.8, 4) is 11.5 Å². The molecule has 0 bridgehead atoms. The van der Waals surface area contributed by atoms with Gasteiger partial charge in [-0.25, -0.2) is 5.43 Å². The number of rotatable bonds is 3. The summed E-state index contributed by atoms with van der Waals surface area (Å²) in [5, 5.41) is 3.91. The molecule has 0 spiro atoms. The molecular weight excluding hydrogens is 318 g/mol. The van der Waals surface area contributed by atoms with E-state index in [9.17, 15) is 4.79 Å². The first kappa shape index (κ1) is 17.0. The van der Waals surface area contributed by atoms with E-state index < -0.39 is 6.10 Å². The van der Waals surface area contributed by atoms with Crippen LogP contribution in [0.4, 0.5) is 0 Å². The van der Waals surface area contributed by atoms with Crippen LogP contribution in [0.3, 0.4) is 0 Å². The Balaban J connectivity index is 1.65. The van der Waals surface area contributed by atoms with Crippen molar-refractivity contribution in [2.45, 2.75) is 32.3 Å². The molecule has 3 rings (SSSR count). The zero-order valence-corrected chi connectivity index (χ0v) is 14.5. The van der Waals surface area contributed by atoms with Gasteiger partial charge in [0.1, 0.15) is 6.61 Å². The fourth-order valence-corrected chi connectivity index (χ4v) is 2.35. The first-order valence-electron chi connectivity index (χ1n) is 8.11. The Morgan fingerprint density at radius 1 is 1.28 bits per heavy atom. The average Bonchev–Trinajstić information content (AvgIpc) is 2.61. The van der Waals surface area contributed by atoms with Crippen LogP contribution in [0, 0.1) is 0 Å². The lowest BCUT2D eigenvalue weighted by Gasteiger charge is -2.27. The maximum absolute atomic E-state index is 12.2. The molecule has 1 aromatic carbocycles. The molecule has 6 heteroatoms. The summed E-state index contributed by atoms with van der Waals surface area (Å²) >= 11 is 0. The molecule has 6 nitrogen and oxygen atoms in total. The van der Waals surface area contributed by atoms with Crippen molar-refractivity contribution in [1.82, 2.24) is 10.4 Å². The zero-order valence-electron chi connectivity index (χ0n) is 14.5. The van der Waals surface area contributed by atoms with Crippen molar-refractivity contribution in [1.29, 1.82) is 0 Å². The Hall–Kier alpha value is -2.89. The Kier molecular flexibility index (Phi) is 4.70. The number of carbonyl (C=O) groups excluding carboxylic acids is 1. The Labute approximate surface area is 146 Å². The Morgan fingerprint density at radius 2 is 2.12 bits per heavy atom. The van der Waals surface area contributed by atoms with Crippen LogP contribution in [0.5, 0.6) is 11.5 Å². The largest absolute Gasteiger partial charge is 0.485 e. The lowest BCUT2D eigenvalue weighted by atomic mass is 9.87. The molecule has 0 fully saturated rings. The zero-order chi connectivity index (χ0) is 17.9. The molecule has 1 aliphatic heterocycles. The van der Waals surface area contributed by atoms with Crippen molar-refractivity contribution in [3.05, 3.63) is 53.9 Å². The highest BCUT2D eigenvalue weighted by Crippen LogP contribution is 2.36. The van der Waals surface area contributed by atoms with Gasteiger partial charge in [-0.05, 0) is 35.2 Å². The SMILES string of the molecule is CC(C)(C)c1ccc2c(c1)O[C@H](C(=O)N/N=C\c1ccccn1)CO2. The van der Waals surface area contributed by atoms with Crippen LogP contribution in [0.1, 0.15) is 32.0 Å². The number of hydrogen-bond donors (Lipinski definition) is 1. The van der Waals surface area contributed by atoms with Gasteiger partial charge in [0.15, 0.2) is 11.5 Å². The van der Waals surface area contributed by atoms with E-state index in [-0.39, 0.29) is 17.9 Å². The number of hydrazone groups is 1. The number of amides is 1. The van der Waals surface area contributed by atoms with Gasteiger partial charge in [0.05, 0.1) is 11.9 Å². The Bertz CT molecular complexity index is 782. The summed E-state index contributed by atoms with van der Waals surface area (Å²) in [6.45, 7) is 6.51. The third kappa shape index (κ3) is 4.15. The topological polar surface area (TPSA) is 72.8 Å². The van der Waals surface area contributed by atoms with Crippen LogP contribution < -0.4 is 14.9 Å². The number of fused-ring (bicyclic) bond motifs is 1. The van der Waals surface area contributed by atoms with Crippen molar-refractivity contribution in [2.24, 2.45) is 5.10 Å². The summed E-state index contributed by atoms with van der Waals surface area (Å²) in [4.78, 5) is 16.3. The van der Waals surface area contributed by atoms with E-state index in [0.717, 1.165) is 5.56 Å². The molecule has 1 aromatic heterocycles. The molecule has 1 atom stereocenters. The van der Waals surface area contributed by atoms with Gasteiger partial charge in [0.25, 0.3) is 5.91 Å². The first-order chi connectivity index (χ1) is 11.9. The van der Waals surface area contributed by atoms with Crippen molar-refractivity contribution in [2.75, 3.05) is 6.61 Å². The number of nitrogens with one attached hydrogen (secondary N) is 1.